The molecule has 0 aromatic heterocycles. The Morgan fingerprint density at radius 3 is 1.97 bits per heavy atom. The number of anilines is 1. The molecule has 0 saturated heterocycles. The summed E-state index contributed by atoms with van der Waals surface area (Å²) in [5, 5.41) is 12.3. The lowest BCUT2D eigenvalue weighted by molar-refractivity contribution is -0.141. The summed E-state index contributed by atoms with van der Waals surface area (Å²) in [5.41, 5.74) is 4.03. The molecule has 0 aliphatic carbocycles. The summed E-state index contributed by atoms with van der Waals surface area (Å²) < 4.78 is 0. The first-order valence-corrected chi connectivity index (χ1v) is 10.3. The van der Waals surface area contributed by atoms with Gasteiger partial charge in [0.05, 0.1) is 5.92 Å². The van der Waals surface area contributed by atoms with Crippen LogP contribution in [-0.2, 0) is 16.0 Å². The fourth-order valence-corrected chi connectivity index (χ4v) is 3.33. The molecular formula is C26H25NO4. The number of carboxylic acid groups (broad SMARTS) is 1. The average Bonchev–Trinajstić information content (AvgIpc) is 2.79. The van der Waals surface area contributed by atoms with E-state index in [1.165, 1.54) is 0 Å². The molecule has 31 heavy (non-hydrogen) atoms. The number of carbonyl (C=O) groups is 3. The molecule has 0 bridgehead atoms. The average molecular weight is 415 g/mol. The number of rotatable bonds is 9. The van der Waals surface area contributed by atoms with E-state index in [4.69, 9.17) is 0 Å². The van der Waals surface area contributed by atoms with Crippen molar-refractivity contribution in [3.63, 3.8) is 0 Å². The smallest absolute Gasteiger partial charge is 0.307 e. The maximum Gasteiger partial charge on any atom is 0.307 e. The maximum absolute atomic E-state index is 12.7. The van der Waals surface area contributed by atoms with Crippen molar-refractivity contribution < 1.29 is 19.5 Å². The van der Waals surface area contributed by atoms with Crippen molar-refractivity contribution in [3.8, 4) is 11.1 Å². The Morgan fingerprint density at radius 2 is 1.42 bits per heavy atom. The molecule has 5 nitrogen and oxygen atoms in total. The molecule has 2 N–H and O–H groups in total. The number of amides is 1. The summed E-state index contributed by atoms with van der Waals surface area (Å²) in [6.07, 6.45) is 0.696. The van der Waals surface area contributed by atoms with Gasteiger partial charge in [0.2, 0.25) is 5.91 Å². The van der Waals surface area contributed by atoms with Gasteiger partial charge in [-0.1, -0.05) is 73.7 Å². The maximum atomic E-state index is 12.7. The molecule has 1 atom stereocenters. The van der Waals surface area contributed by atoms with Crippen LogP contribution in [0.15, 0.2) is 78.9 Å². The van der Waals surface area contributed by atoms with Crippen molar-refractivity contribution in [1.82, 2.24) is 0 Å². The minimum Gasteiger partial charge on any atom is -0.481 e. The van der Waals surface area contributed by atoms with Crippen LogP contribution in [0.5, 0.6) is 0 Å². The highest BCUT2D eigenvalue weighted by Gasteiger charge is 2.22. The molecule has 0 aliphatic rings. The topological polar surface area (TPSA) is 83.5 Å². The van der Waals surface area contributed by atoms with Crippen molar-refractivity contribution in [2.75, 3.05) is 5.32 Å². The molecule has 0 fully saturated rings. The van der Waals surface area contributed by atoms with Crippen LogP contribution in [0.1, 0.15) is 35.7 Å². The SMILES string of the molecule is CCC(=O)Nc1ccc(-c2ccc(C(=O)CC(Cc3ccccc3)C(=O)O)cc2)cc1. The highest BCUT2D eigenvalue weighted by molar-refractivity contribution is 5.98. The second-order valence-electron chi connectivity index (χ2n) is 7.41. The van der Waals surface area contributed by atoms with Crippen LogP contribution in [0.25, 0.3) is 11.1 Å². The molecule has 3 aromatic rings. The van der Waals surface area contributed by atoms with E-state index in [9.17, 15) is 19.5 Å². The molecule has 0 heterocycles. The van der Waals surface area contributed by atoms with Crippen LogP contribution in [0, 0.1) is 5.92 Å². The third-order valence-electron chi connectivity index (χ3n) is 5.14. The number of hydrogen-bond acceptors (Lipinski definition) is 3. The van der Waals surface area contributed by atoms with Crippen LogP contribution in [0.2, 0.25) is 0 Å². The van der Waals surface area contributed by atoms with Crippen molar-refractivity contribution in [2.24, 2.45) is 5.92 Å². The van der Waals surface area contributed by atoms with Crippen LogP contribution in [0.4, 0.5) is 5.69 Å². The van der Waals surface area contributed by atoms with E-state index in [0.717, 1.165) is 22.4 Å². The summed E-state index contributed by atoms with van der Waals surface area (Å²) in [7, 11) is 0. The number of Topliss-reactive ketones (excluding diaryl/α,β-unsaturated/α-hetero) is 1. The zero-order valence-corrected chi connectivity index (χ0v) is 17.4. The third-order valence-corrected chi connectivity index (χ3v) is 5.14. The monoisotopic (exact) mass is 415 g/mol. The number of benzene rings is 3. The van der Waals surface area contributed by atoms with Crippen LogP contribution >= 0.6 is 0 Å². The van der Waals surface area contributed by atoms with Crippen molar-refractivity contribution in [3.05, 3.63) is 90.0 Å². The van der Waals surface area contributed by atoms with E-state index < -0.39 is 11.9 Å². The number of ketones is 1. The predicted octanol–water partition coefficient (Wildman–Crippen LogP) is 5.22. The molecular weight excluding hydrogens is 390 g/mol. The Balaban J connectivity index is 1.66. The highest BCUT2D eigenvalue weighted by atomic mass is 16.4. The normalized spacial score (nSPS) is 11.5. The van der Waals surface area contributed by atoms with E-state index in [1.807, 2.05) is 66.7 Å². The van der Waals surface area contributed by atoms with E-state index in [-0.39, 0.29) is 18.1 Å². The highest BCUT2D eigenvalue weighted by Crippen LogP contribution is 2.23. The van der Waals surface area contributed by atoms with E-state index in [2.05, 4.69) is 5.32 Å². The molecule has 0 radical (unpaired) electrons. The number of hydrogen-bond donors (Lipinski definition) is 2. The summed E-state index contributed by atoms with van der Waals surface area (Å²) >= 11 is 0. The van der Waals surface area contributed by atoms with Crippen LogP contribution in [0.3, 0.4) is 0 Å². The van der Waals surface area contributed by atoms with Crippen molar-refractivity contribution >= 4 is 23.3 Å². The van der Waals surface area contributed by atoms with Crippen LogP contribution in [-0.4, -0.2) is 22.8 Å². The molecule has 3 aromatic carbocycles. The van der Waals surface area contributed by atoms with Gasteiger partial charge in [-0.3, -0.25) is 14.4 Å². The Labute approximate surface area is 181 Å². The molecule has 158 valence electrons. The van der Waals surface area contributed by atoms with Gasteiger partial charge in [0.1, 0.15) is 0 Å². The molecule has 1 unspecified atom stereocenters. The lowest BCUT2D eigenvalue weighted by Crippen LogP contribution is -2.20. The van der Waals surface area contributed by atoms with E-state index in [1.54, 1.807) is 19.1 Å². The molecule has 0 spiro atoms. The molecule has 0 saturated carbocycles. The largest absolute Gasteiger partial charge is 0.481 e. The zero-order valence-electron chi connectivity index (χ0n) is 17.4. The first kappa shape index (κ1) is 22.0. The summed E-state index contributed by atoms with van der Waals surface area (Å²) in [4.78, 5) is 35.8. The zero-order chi connectivity index (χ0) is 22.2. The summed E-state index contributed by atoms with van der Waals surface area (Å²) in [6.45, 7) is 1.80. The number of nitrogens with one attached hydrogen (secondary N) is 1. The second kappa shape index (κ2) is 10.3. The fourth-order valence-electron chi connectivity index (χ4n) is 3.33. The first-order valence-electron chi connectivity index (χ1n) is 10.3. The molecule has 5 heteroatoms. The number of aliphatic carboxylic acids is 1. The van der Waals surface area contributed by atoms with E-state index >= 15 is 0 Å². The van der Waals surface area contributed by atoms with Gasteiger partial charge >= 0.3 is 5.97 Å². The standard InChI is InChI=1S/C26H25NO4/c1-2-25(29)27-23-14-12-20(13-15-23)19-8-10-21(11-9-19)24(28)17-22(26(30)31)16-18-6-4-3-5-7-18/h3-15,22H,2,16-17H2,1H3,(H,27,29)(H,30,31). The quantitative estimate of drug-likeness (QED) is 0.470. The molecule has 1 amide bonds. The second-order valence-corrected chi connectivity index (χ2v) is 7.41. The third kappa shape index (κ3) is 6.12. The Morgan fingerprint density at radius 1 is 0.839 bits per heavy atom. The van der Waals surface area contributed by atoms with Crippen LogP contribution < -0.4 is 5.32 Å². The Hall–Kier alpha value is -3.73. The predicted molar refractivity (Wildman–Crippen MR) is 121 cm³/mol. The fraction of sp³-hybridized carbons (Fsp3) is 0.192. The van der Waals surface area contributed by atoms with Crippen molar-refractivity contribution in [2.45, 2.75) is 26.2 Å². The summed E-state index contributed by atoms with van der Waals surface area (Å²) in [5.74, 6) is -1.96. The minimum absolute atomic E-state index is 0.0393. The van der Waals surface area contributed by atoms with Gasteiger partial charge in [0.15, 0.2) is 5.78 Å². The number of carboxylic acids is 1. The van der Waals surface area contributed by atoms with Gasteiger partial charge in [-0.15, -0.1) is 0 Å². The summed E-state index contributed by atoms with van der Waals surface area (Å²) in [6, 6.07) is 24.0. The van der Waals surface area contributed by atoms with Gasteiger partial charge < -0.3 is 10.4 Å². The Kier molecular flexibility index (Phi) is 7.33. The molecule has 0 aliphatic heterocycles. The van der Waals surface area contributed by atoms with Gasteiger partial charge in [-0.25, -0.2) is 0 Å². The van der Waals surface area contributed by atoms with Gasteiger partial charge in [-0.2, -0.15) is 0 Å². The van der Waals surface area contributed by atoms with Crippen molar-refractivity contribution in [1.29, 1.82) is 0 Å². The van der Waals surface area contributed by atoms with Gasteiger partial charge in [0.25, 0.3) is 0 Å². The molecule has 3 rings (SSSR count). The first-order chi connectivity index (χ1) is 15.0. The van der Waals surface area contributed by atoms with E-state index in [0.29, 0.717) is 18.4 Å². The number of carbonyl (C=O) groups excluding carboxylic acids is 2. The van der Waals surface area contributed by atoms with Gasteiger partial charge in [0, 0.05) is 24.1 Å². The van der Waals surface area contributed by atoms with Gasteiger partial charge in [-0.05, 0) is 35.2 Å². The lowest BCUT2D eigenvalue weighted by atomic mass is 9.91. The lowest BCUT2D eigenvalue weighted by Gasteiger charge is -2.12. The Bertz CT molecular complexity index is 1040. The minimum atomic E-state index is -0.968.